The zero-order valence-electron chi connectivity index (χ0n) is 22.2. The maximum absolute atomic E-state index is 11.5. The number of rotatable bonds is 7. The van der Waals surface area contributed by atoms with Crippen molar-refractivity contribution in [3.8, 4) is 0 Å². The third-order valence-electron chi connectivity index (χ3n) is 11.8. The predicted octanol–water partition coefficient (Wildman–Crippen LogP) is 3.99. The fraction of sp³-hybridized carbons (Fsp3) is 1.00. The van der Waals surface area contributed by atoms with Gasteiger partial charge in [0.25, 0.3) is 0 Å². The van der Waals surface area contributed by atoms with Crippen molar-refractivity contribution < 1.29 is 25.5 Å². The van der Waals surface area contributed by atoms with Crippen LogP contribution in [0.2, 0.25) is 0 Å². The van der Waals surface area contributed by atoms with Gasteiger partial charge in [-0.15, -0.1) is 0 Å². The number of aliphatic hydroxyl groups excluding tert-OH is 5. The van der Waals surface area contributed by atoms with Crippen molar-refractivity contribution in [1.29, 1.82) is 0 Å². The van der Waals surface area contributed by atoms with Crippen molar-refractivity contribution >= 4 is 0 Å². The molecule has 34 heavy (non-hydrogen) atoms. The van der Waals surface area contributed by atoms with E-state index in [1.807, 2.05) is 0 Å². The predicted molar refractivity (Wildman–Crippen MR) is 134 cm³/mol. The maximum Gasteiger partial charge on any atom is 0.0838 e. The van der Waals surface area contributed by atoms with Gasteiger partial charge in [0.05, 0.1) is 24.4 Å². The van der Waals surface area contributed by atoms with Crippen LogP contribution >= 0.6 is 0 Å². The Hall–Kier alpha value is -0.200. The third-order valence-corrected chi connectivity index (χ3v) is 11.8. The molecule has 0 saturated heterocycles. The standard InChI is InChI=1S/C29H52O5/c1-16(2)18(10-13-30)7-6-17(3)24-26(33)27(34)25-20-15-23(32)22-14-19(31)8-11-28(22,4)21(20)9-12-29(24,25)5/h16-27,30-34H,6-15H2,1-5H3/t17?,18?,19-,20?,21?,22?,23?,24?,25?,26+,27-,28+,29+/m0/s1. The minimum Gasteiger partial charge on any atom is -0.396 e. The molecule has 0 aliphatic heterocycles. The molecule has 5 heteroatoms. The largest absolute Gasteiger partial charge is 0.396 e. The molecule has 4 aliphatic rings. The summed E-state index contributed by atoms with van der Waals surface area (Å²) in [7, 11) is 0. The van der Waals surface area contributed by atoms with Crippen molar-refractivity contribution in [1.82, 2.24) is 0 Å². The molecule has 4 rings (SSSR count). The zero-order valence-corrected chi connectivity index (χ0v) is 22.2. The first-order valence-electron chi connectivity index (χ1n) is 14.3. The molecule has 0 spiro atoms. The van der Waals surface area contributed by atoms with E-state index < -0.39 is 18.3 Å². The first kappa shape index (κ1) is 26.9. The Morgan fingerprint density at radius 2 is 1.47 bits per heavy atom. The van der Waals surface area contributed by atoms with E-state index in [-0.39, 0.29) is 47.2 Å². The molecule has 0 heterocycles. The summed E-state index contributed by atoms with van der Waals surface area (Å²) in [6, 6.07) is 0. The van der Waals surface area contributed by atoms with Crippen molar-refractivity contribution in [2.75, 3.05) is 6.61 Å². The van der Waals surface area contributed by atoms with Crippen LogP contribution in [0.3, 0.4) is 0 Å². The average molecular weight is 481 g/mol. The molecule has 13 atom stereocenters. The molecule has 0 aromatic heterocycles. The molecular weight excluding hydrogens is 428 g/mol. The Bertz CT molecular complexity index is 698. The summed E-state index contributed by atoms with van der Waals surface area (Å²) in [5.41, 5.74) is -0.118. The van der Waals surface area contributed by atoms with E-state index in [4.69, 9.17) is 0 Å². The number of hydrogen-bond acceptors (Lipinski definition) is 5. The molecule has 0 amide bonds. The van der Waals surface area contributed by atoms with Crippen LogP contribution in [0.4, 0.5) is 0 Å². The van der Waals surface area contributed by atoms with Crippen LogP contribution in [0.15, 0.2) is 0 Å². The highest BCUT2D eigenvalue weighted by Crippen LogP contribution is 2.68. The molecule has 5 N–H and O–H groups in total. The molecule has 198 valence electrons. The lowest BCUT2D eigenvalue weighted by Gasteiger charge is -2.62. The van der Waals surface area contributed by atoms with E-state index in [1.165, 1.54) is 0 Å². The van der Waals surface area contributed by atoms with Gasteiger partial charge in [-0.2, -0.15) is 0 Å². The van der Waals surface area contributed by atoms with E-state index in [0.29, 0.717) is 36.5 Å². The molecule has 4 fully saturated rings. The number of fused-ring (bicyclic) bond motifs is 5. The molecule has 0 radical (unpaired) electrons. The Morgan fingerprint density at radius 3 is 2.12 bits per heavy atom. The van der Waals surface area contributed by atoms with Gasteiger partial charge in [-0.1, -0.05) is 41.0 Å². The van der Waals surface area contributed by atoms with Crippen LogP contribution in [0.1, 0.15) is 92.4 Å². The van der Waals surface area contributed by atoms with E-state index in [2.05, 4.69) is 34.6 Å². The lowest BCUT2D eigenvalue weighted by molar-refractivity contribution is -0.181. The van der Waals surface area contributed by atoms with Crippen LogP contribution in [0.5, 0.6) is 0 Å². The smallest absolute Gasteiger partial charge is 0.0838 e. The molecule has 5 nitrogen and oxygen atoms in total. The van der Waals surface area contributed by atoms with Crippen molar-refractivity contribution in [3.63, 3.8) is 0 Å². The molecule has 4 saturated carbocycles. The Kier molecular flexibility index (Phi) is 7.84. The molecule has 0 bridgehead atoms. The fourth-order valence-corrected chi connectivity index (χ4v) is 10.0. The third kappa shape index (κ3) is 4.30. The van der Waals surface area contributed by atoms with Crippen molar-refractivity contribution in [3.05, 3.63) is 0 Å². The van der Waals surface area contributed by atoms with Gasteiger partial charge in [-0.3, -0.25) is 0 Å². The summed E-state index contributed by atoms with van der Waals surface area (Å²) in [5, 5.41) is 53.9. The zero-order chi connectivity index (χ0) is 25.0. The second kappa shape index (κ2) is 9.93. The number of aliphatic hydroxyl groups is 5. The van der Waals surface area contributed by atoms with Gasteiger partial charge >= 0.3 is 0 Å². The van der Waals surface area contributed by atoms with Crippen LogP contribution in [-0.4, -0.2) is 56.6 Å². The molecule has 0 aromatic rings. The van der Waals surface area contributed by atoms with E-state index >= 15 is 0 Å². The quantitative estimate of drug-likeness (QED) is 0.379. The van der Waals surface area contributed by atoms with Crippen molar-refractivity contribution in [2.45, 2.75) is 117 Å². The van der Waals surface area contributed by atoms with Gasteiger partial charge in [0.1, 0.15) is 0 Å². The molecule has 0 aromatic carbocycles. The van der Waals surface area contributed by atoms with E-state index in [1.54, 1.807) is 0 Å². The van der Waals surface area contributed by atoms with Crippen LogP contribution in [0.25, 0.3) is 0 Å². The summed E-state index contributed by atoms with van der Waals surface area (Å²) in [6.45, 7) is 11.6. The Balaban J connectivity index is 1.55. The minimum atomic E-state index is -0.731. The lowest BCUT2D eigenvalue weighted by atomic mass is 9.43. The van der Waals surface area contributed by atoms with Crippen LogP contribution in [0, 0.1) is 58.2 Å². The number of hydrogen-bond donors (Lipinski definition) is 5. The summed E-state index contributed by atoms with van der Waals surface area (Å²) in [4.78, 5) is 0. The fourth-order valence-electron chi connectivity index (χ4n) is 10.0. The monoisotopic (exact) mass is 480 g/mol. The molecular formula is C29H52O5. The lowest BCUT2D eigenvalue weighted by Crippen LogP contribution is -2.59. The van der Waals surface area contributed by atoms with Crippen molar-refractivity contribution in [2.24, 2.45) is 58.2 Å². The highest BCUT2D eigenvalue weighted by atomic mass is 16.3. The summed E-state index contributed by atoms with van der Waals surface area (Å²) < 4.78 is 0. The van der Waals surface area contributed by atoms with Gasteiger partial charge in [-0.05, 0) is 110 Å². The maximum atomic E-state index is 11.5. The van der Waals surface area contributed by atoms with Gasteiger partial charge in [0.15, 0.2) is 0 Å². The topological polar surface area (TPSA) is 101 Å². The highest BCUT2D eigenvalue weighted by Gasteiger charge is 2.67. The summed E-state index contributed by atoms with van der Waals surface area (Å²) >= 11 is 0. The normalized spacial score (nSPS) is 50.4. The Labute approximate surface area is 207 Å². The van der Waals surface area contributed by atoms with Crippen LogP contribution in [-0.2, 0) is 0 Å². The molecule has 4 aliphatic carbocycles. The summed E-state index contributed by atoms with van der Waals surface area (Å²) in [5.74, 6) is 2.21. The Morgan fingerprint density at radius 1 is 0.794 bits per heavy atom. The van der Waals surface area contributed by atoms with Gasteiger partial charge in [-0.25, -0.2) is 0 Å². The highest BCUT2D eigenvalue weighted by molar-refractivity contribution is 5.15. The summed E-state index contributed by atoms with van der Waals surface area (Å²) in [6.07, 6.45) is 5.95. The van der Waals surface area contributed by atoms with Crippen LogP contribution < -0.4 is 0 Å². The SMILES string of the molecule is CC(C)C(CCO)CCC(C)C1[C@@H](O)[C@@H](O)C2C3CC(O)C4C[C@@H](O)CC[C@]4(C)C3CC[C@]12C. The second-order valence-corrected chi connectivity index (χ2v) is 13.8. The first-order valence-corrected chi connectivity index (χ1v) is 14.3. The van der Waals surface area contributed by atoms with E-state index in [0.717, 1.165) is 44.9 Å². The van der Waals surface area contributed by atoms with E-state index in [9.17, 15) is 25.5 Å². The average Bonchev–Trinajstić information content (AvgIpc) is 2.97. The first-order chi connectivity index (χ1) is 16.0. The minimum absolute atomic E-state index is 0.00600. The van der Waals surface area contributed by atoms with Gasteiger partial charge in [0, 0.05) is 6.61 Å². The second-order valence-electron chi connectivity index (χ2n) is 13.8. The van der Waals surface area contributed by atoms with Gasteiger partial charge in [0.2, 0.25) is 0 Å². The molecule has 8 unspecified atom stereocenters. The van der Waals surface area contributed by atoms with Gasteiger partial charge < -0.3 is 25.5 Å².